The van der Waals surface area contributed by atoms with E-state index in [4.69, 9.17) is 8.84 Å². The van der Waals surface area contributed by atoms with Crippen molar-refractivity contribution < 1.29 is 13.6 Å². The Morgan fingerprint density at radius 3 is 2.54 bits per heavy atom. The highest BCUT2D eigenvalue weighted by molar-refractivity contribution is 6.74. The first-order valence-electron chi connectivity index (χ1n) is 7.86. The van der Waals surface area contributed by atoms with Gasteiger partial charge in [0.25, 0.3) is 14.2 Å². The number of amides is 1. The third kappa shape index (κ3) is 4.35. The predicted octanol–water partition coefficient (Wildman–Crippen LogP) is 4.43. The molecule has 0 spiro atoms. The Morgan fingerprint density at radius 2 is 1.92 bits per heavy atom. The van der Waals surface area contributed by atoms with Crippen molar-refractivity contribution in [1.82, 2.24) is 5.43 Å². The Kier molecular flexibility index (Phi) is 5.29. The summed E-state index contributed by atoms with van der Waals surface area (Å²) in [5.74, 6) is 0.850. The maximum absolute atomic E-state index is 12.4. The molecule has 0 saturated carbocycles. The molecule has 1 aromatic heterocycles. The van der Waals surface area contributed by atoms with E-state index in [-0.39, 0.29) is 10.9 Å². The predicted molar refractivity (Wildman–Crippen MR) is 98.0 cm³/mol. The molecule has 0 bridgehead atoms. The van der Waals surface area contributed by atoms with Crippen LogP contribution in [0.1, 0.15) is 36.9 Å². The average Bonchev–Trinajstić information content (AvgIpc) is 2.99. The molecular weight excluding hydrogens is 320 g/mol. The van der Waals surface area contributed by atoms with Crippen molar-refractivity contribution in [1.29, 1.82) is 0 Å². The maximum atomic E-state index is 12.4. The Morgan fingerprint density at radius 1 is 1.21 bits per heavy atom. The SMILES string of the molecule is CC(C)(C)[Si](C)(C)Oc1ccccc1C(=O)N/N=C/c1ccco1. The van der Waals surface area contributed by atoms with Crippen molar-refractivity contribution in [2.75, 3.05) is 0 Å². The second-order valence-corrected chi connectivity index (χ2v) is 11.8. The summed E-state index contributed by atoms with van der Waals surface area (Å²) in [6.07, 6.45) is 3.00. The fraction of sp³-hybridized carbons (Fsp3) is 0.333. The Balaban J connectivity index is 2.14. The first-order valence-corrected chi connectivity index (χ1v) is 10.8. The first-order chi connectivity index (χ1) is 11.2. The van der Waals surface area contributed by atoms with Crippen LogP contribution in [0.25, 0.3) is 0 Å². The van der Waals surface area contributed by atoms with E-state index in [2.05, 4.69) is 44.4 Å². The van der Waals surface area contributed by atoms with E-state index in [1.165, 1.54) is 6.21 Å². The van der Waals surface area contributed by atoms with Gasteiger partial charge in [-0.25, -0.2) is 5.43 Å². The van der Waals surface area contributed by atoms with Gasteiger partial charge in [-0.1, -0.05) is 32.9 Å². The third-order valence-corrected chi connectivity index (χ3v) is 8.55. The molecular formula is C18H24N2O3Si. The highest BCUT2D eigenvalue weighted by Gasteiger charge is 2.39. The zero-order chi connectivity index (χ0) is 17.8. The number of nitrogens with one attached hydrogen (secondary N) is 1. The van der Waals surface area contributed by atoms with Crippen LogP contribution < -0.4 is 9.85 Å². The van der Waals surface area contributed by atoms with Gasteiger partial charge in [0.15, 0.2) is 0 Å². The molecule has 24 heavy (non-hydrogen) atoms. The molecule has 0 unspecified atom stereocenters. The Bertz CT molecular complexity index is 716. The molecule has 0 radical (unpaired) electrons. The number of carbonyl (C=O) groups is 1. The highest BCUT2D eigenvalue weighted by Crippen LogP contribution is 2.38. The lowest BCUT2D eigenvalue weighted by Gasteiger charge is -2.36. The molecule has 2 aromatic rings. The van der Waals surface area contributed by atoms with Gasteiger partial charge in [-0.3, -0.25) is 4.79 Å². The van der Waals surface area contributed by atoms with Crippen molar-refractivity contribution in [2.45, 2.75) is 38.9 Å². The Labute approximate surface area is 143 Å². The largest absolute Gasteiger partial charge is 0.543 e. The summed E-state index contributed by atoms with van der Waals surface area (Å²) >= 11 is 0. The number of nitrogens with zero attached hydrogens (tertiary/aromatic N) is 1. The van der Waals surface area contributed by atoms with Crippen LogP contribution in [0.5, 0.6) is 5.75 Å². The maximum Gasteiger partial charge on any atom is 0.275 e. The summed E-state index contributed by atoms with van der Waals surface area (Å²) < 4.78 is 11.4. The van der Waals surface area contributed by atoms with E-state index in [1.807, 2.05) is 18.2 Å². The van der Waals surface area contributed by atoms with Crippen LogP contribution in [0, 0.1) is 0 Å². The molecule has 1 N–H and O–H groups in total. The average molecular weight is 344 g/mol. The lowest BCUT2D eigenvalue weighted by molar-refractivity contribution is 0.0953. The second-order valence-electron chi connectivity index (χ2n) is 7.07. The molecule has 0 atom stereocenters. The van der Waals surface area contributed by atoms with E-state index in [9.17, 15) is 4.79 Å². The van der Waals surface area contributed by atoms with Gasteiger partial charge < -0.3 is 8.84 Å². The van der Waals surface area contributed by atoms with Crippen LogP contribution >= 0.6 is 0 Å². The molecule has 0 aliphatic heterocycles. The fourth-order valence-electron chi connectivity index (χ4n) is 1.75. The smallest absolute Gasteiger partial charge is 0.275 e. The molecule has 1 amide bonds. The number of furan rings is 1. The van der Waals surface area contributed by atoms with Crippen molar-refractivity contribution in [3.63, 3.8) is 0 Å². The molecule has 1 heterocycles. The van der Waals surface area contributed by atoms with Crippen LogP contribution in [0.3, 0.4) is 0 Å². The normalized spacial score (nSPS) is 12.4. The minimum absolute atomic E-state index is 0.0496. The number of rotatable bonds is 5. The molecule has 0 fully saturated rings. The topological polar surface area (TPSA) is 63.8 Å². The molecule has 0 saturated heterocycles. The minimum atomic E-state index is -2.03. The summed E-state index contributed by atoms with van der Waals surface area (Å²) in [7, 11) is -2.03. The van der Waals surface area contributed by atoms with Gasteiger partial charge in [0.05, 0.1) is 18.0 Å². The van der Waals surface area contributed by atoms with Gasteiger partial charge in [-0.2, -0.15) is 5.10 Å². The molecule has 128 valence electrons. The molecule has 0 aliphatic carbocycles. The van der Waals surface area contributed by atoms with Crippen molar-refractivity contribution >= 4 is 20.4 Å². The number of carbonyl (C=O) groups excluding carboxylic acids is 1. The lowest BCUT2D eigenvalue weighted by atomic mass is 10.2. The van der Waals surface area contributed by atoms with Crippen molar-refractivity contribution in [2.24, 2.45) is 5.10 Å². The van der Waals surface area contributed by atoms with E-state index in [1.54, 1.807) is 24.5 Å². The summed E-state index contributed by atoms with van der Waals surface area (Å²) in [5, 5.41) is 3.96. The third-order valence-electron chi connectivity index (χ3n) is 4.20. The lowest BCUT2D eigenvalue weighted by Crippen LogP contribution is -2.44. The Hall–Kier alpha value is -2.34. The van der Waals surface area contributed by atoms with E-state index in [0.717, 1.165) is 0 Å². The number of hydrogen-bond donors (Lipinski definition) is 1. The number of benzene rings is 1. The molecule has 5 nitrogen and oxygen atoms in total. The summed E-state index contributed by atoms with van der Waals surface area (Å²) in [4.78, 5) is 12.4. The van der Waals surface area contributed by atoms with Gasteiger partial charge in [-0.15, -0.1) is 0 Å². The zero-order valence-corrected chi connectivity index (χ0v) is 15.8. The van der Waals surface area contributed by atoms with Crippen LogP contribution in [0.4, 0.5) is 0 Å². The van der Waals surface area contributed by atoms with Crippen molar-refractivity contribution in [3.05, 3.63) is 54.0 Å². The summed E-state index contributed by atoms with van der Waals surface area (Å²) in [5.41, 5.74) is 2.98. The van der Waals surface area contributed by atoms with Gasteiger partial charge in [0.2, 0.25) is 0 Å². The summed E-state index contributed by atoms with van der Waals surface area (Å²) in [6.45, 7) is 10.8. The highest BCUT2D eigenvalue weighted by atomic mass is 28.4. The molecule has 6 heteroatoms. The molecule has 2 rings (SSSR count). The second kappa shape index (κ2) is 7.05. The van der Waals surface area contributed by atoms with E-state index in [0.29, 0.717) is 17.1 Å². The fourth-order valence-corrected chi connectivity index (χ4v) is 2.78. The minimum Gasteiger partial charge on any atom is -0.543 e. The number of para-hydroxylation sites is 1. The van der Waals surface area contributed by atoms with Gasteiger partial charge >= 0.3 is 0 Å². The van der Waals surface area contributed by atoms with Crippen LogP contribution in [0.2, 0.25) is 18.1 Å². The van der Waals surface area contributed by atoms with Crippen molar-refractivity contribution in [3.8, 4) is 5.75 Å². The van der Waals surface area contributed by atoms with Gasteiger partial charge in [-0.05, 0) is 42.4 Å². The van der Waals surface area contributed by atoms with Crippen LogP contribution in [0.15, 0.2) is 52.2 Å². The zero-order valence-electron chi connectivity index (χ0n) is 14.8. The summed E-state index contributed by atoms with van der Waals surface area (Å²) in [6, 6.07) is 10.7. The number of hydrogen-bond acceptors (Lipinski definition) is 4. The molecule has 1 aromatic carbocycles. The van der Waals surface area contributed by atoms with Crippen LogP contribution in [-0.4, -0.2) is 20.4 Å². The molecule has 0 aliphatic rings. The van der Waals surface area contributed by atoms with Crippen LogP contribution in [-0.2, 0) is 0 Å². The van der Waals surface area contributed by atoms with Gasteiger partial charge in [0.1, 0.15) is 11.5 Å². The quantitative estimate of drug-likeness (QED) is 0.496. The number of hydrazone groups is 1. The van der Waals surface area contributed by atoms with E-state index >= 15 is 0 Å². The first kappa shape index (κ1) is 18.0. The van der Waals surface area contributed by atoms with Gasteiger partial charge in [0, 0.05) is 0 Å². The standard InChI is InChI=1S/C18H24N2O3Si/c1-18(2,3)24(4,5)23-16-11-7-6-10-15(16)17(21)20-19-13-14-9-8-12-22-14/h6-13H,1-5H3,(H,20,21)/b19-13+. The monoisotopic (exact) mass is 344 g/mol. The van der Waals surface area contributed by atoms with E-state index < -0.39 is 8.32 Å².